The number of aromatic nitrogens is 2. The van der Waals surface area contributed by atoms with Crippen molar-refractivity contribution in [3.8, 4) is 17.1 Å². The third kappa shape index (κ3) is 5.41. The topological polar surface area (TPSA) is 44.2 Å². The van der Waals surface area contributed by atoms with Crippen molar-refractivity contribution >= 4 is 0 Å². The largest absolute Gasteiger partial charge is 0.491 e. The molecule has 0 radical (unpaired) electrons. The van der Waals surface area contributed by atoms with Gasteiger partial charge in [0, 0.05) is 37.6 Å². The van der Waals surface area contributed by atoms with Gasteiger partial charge in [0.2, 0.25) is 0 Å². The molecule has 118 valence electrons. The highest BCUT2D eigenvalue weighted by Crippen LogP contribution is 2.19. The molecule has 0 spiro atoms. The van der Waals surface area contributed by atoms with Crippen molar-refractivity contribution in [2.24, 2.45) is 0 Å². The Hall–Kier alpha value is -2.01. The lowest BCUT2D eigenvalue weighted by atomic mass is 10.2. The highest BCUT2D eigenvalue weighted by atomic mass is 19.1. The molecule has 1 heterocycles. The molecule has 22 heavy (non-hydrogen) atoms. The smallest absolute Gasteiger partial charge is 0.159 e. The molecule has 1 aromatic carbocycles. The molecule has 0 N–H and O–H groups in total. The van der Waals surface area contributed by atoms with Crippen LogP contribution < -0.4 is 4.74 Å². The maximum absolute atomic E-state index is 13.6. The zero-order valence-electron chi connectivity index (χ0n) is 12.7. The maximum Gasteiger partial charge on any atom is 0.159 e. The highest BCUT2D eigenvalue weighted by Gasteiger charge is 2.08. The molecular formula is C17H21FN2O2. The van der Waals surface area contributed by atoms with Crippen LogP contribution in [0, 0.1) is 0 Å². The first-order valence-electron chi connectivity index (χ1n) is 7.51. The lowest BCUT2D eigenvalue weighted by Gasteiger charge is -2.11. The van der Waals surface area contributed by atoms with E-state index >= 15 is 0 Å². The second-order valence-corrected chi connectivity index (χ2v) is 4.91. The van der Waals surface area contributed by atoms with Gasteiger partial charge in [-0.2, -0.15) is 0 Å². The van der Waals surface area contributed by atoms with Crippen LogP contribution >= 0.6 is 0 Å². The van der Waals surface area contributed by atoms with Crippen LogP contribution in [0.25, 0.3) is 11.4 Å². The summed E-state index contributed by atoms with van der Waals surface area (Å²) in [6, 6.07) is 9.09. The van der Waals surface area contributed by atoms with E-state index in [9.17, 15) is 4.39 Å². The molecule has 0 amide bonds. The van der Waals surface area contributed by atoms with Gasteiger partial charge >= 0.3 is 0 Å². The van der Waals surface area contributed by atoms with Gasteiger partial charge in [-0.3, -0.25) is 0 Å². The quantitative estimate of drug-likeness (QED) is 0.663. The van der Waals surface area contributed by atoms with Gasteiger partial charge < -0.3 is 9.47 Å². The van der Waals surface area contributed by atoms with Crippen LogP contribution in [0.2, 0.25) is 0 Å². The molecule has 4 nitrogen and oxygen atoms in total. The van der Waals surface area contributed by atoms with Crippen molar-refractivity contribution in [2.75, 3.05) is 19.8 Å². The summed E-state index contributed by atoms with van der Waals surface area (Å²) in [5.41, 5.74) is 0.901. The number of halogens is 1. The molecule has 1 unspecified atom stereocenters. The second-order valence-electron chi connectivity index (χ2n) is 4.91. The predicted octanol–water partition coefficient (Wildman–Crippen LogP) is 3.68. The summed E-state index contributed by atoms with van der Waals surface area (Å²) in [6.45, 7) is 3.18. The Bertz CT molecular complexity index is 534. The van der Waals surface area contributed by atoms with Gasteiger partial charge in [0.15, 0.2) is 5.82 Å². The van der Waals surface area contributed by atoms with Gasteiger partial charge in [-0.15, -0.1) is 0 Å². The van der Waals surface area contributed by atoms with E-state index in [1.165, 1.54) is 0 Å². The fraction of sp³-hybridized carbons (Fsp3) is 0.412. The molecule has 0 aliphatic carbocycles. The van der Waals surface area contributed by atoms with Gasteiger partial charge in [-0.25, -0.2) is 14.4 Å². The Labute approximate surface area is 130 Å². The minimum Gasteiger partial charge on any atom is -0.491 e. The van der Waals surface area contributed by atoms with E-state index in [2.05, 4.69) is 9.97 Å². The Morgan fingerprint density at radius 1 is 1.09 bits per heavy atom. The van der Waals surface area contributed by atoms with Crippen LogP contribution in [0.4, 0.5) is 4.39 Å². The van der Waals surface area contributed by atoms with Crippen molar-refractivity contribution in [3.05, 3.63) is 42.7 Å². The molecule has 0 saturated carbocycles. The zero-order chi connectivity index (χ0) is 15.6. The normalized spacial score (nSPS) is 12.1. The third-order valence-corrected chi connectivity index (χ3v) is 3.03. The van der Waals surface area contributed by atoms with E-state index in [0.717, 1.165) is 12.0 Å². The summed E-state index contributed by atoms with van der Waals surface area (Å²) < 4.78 is 24.3. The van der Waals surface area contributed by atoms with E-state index in [1.54, 1.807) is 30.6 Å². The summed E-state index contributed by atoms with van der Waals surface area (Å²) >= 11 is 0. The van der Waals surface area contributed by atoms with Crippen LogP contribution in [0.3, 0.4) is 0 Å². The van der Waals surface area contributed by atoms with Gasteiger partial charge in [0.05, 0.1) is 0 Å². The average Bonchev–Trinajstić information content (AvgIpc) is 2.58. The zero-order valence-corrected chi connectivity index (χ0v) is 12.7. The molecule has 0 aliphatic rings. The lowest BCUT2D eigenvalue weighted by Crippen LogP contribution is -2.15. The molecule has 0 bridgehead atoms. The Balaban J connectivity index is 1.77. The first kappa shape index (κ1) is 16.4. The molecule has 2 rings (SSSR count). The molecule has 1 aromatic heterocycles. The average molecular weight is 304 g/mol. The molecule has 2 aromatic rings. The second kappa shape index (κ2) is 9.10. The number of benzene rings is 1. The maximum atomic E-state index is 13.6. The van der Waals surface area contributed by atoms with Gasteiger partial charge in [0.1, 0.15) is 18.5 Å². The minimum atomic E-state index is -1.02. The van der Waals surface area contributed by atoms with Crippen molar-refractivity contribution < 1.29 is 13.9 Å². The van der Waals surface area contributed by atoms with E-state index < -0.39 is 6.17 Å². The molecule has 1 atom stereocenters. The first-order valence-corrected chi connectivity index (χ1v) is 7.51. The van der Waals surface area contributed by atoms with Crippen molar-refractivity contribution in [2.45, 2.75) is 25.9 Å². The summed E-state index contributed by atoms with van der Waals surface area (Å²) in [5.74, 6) is 1.29. The first-order chi connectivity index (χ1) is 10.8. The van der Waals surface area contributed by atoms with Gasteiger partial charge in [0.25, 0.3) is 0 Å². The van der Waals surface area contributed by atoms with Crippen LogP contribution in [-0.2, 0) is 4.74 Å². The third-order valence-electron chi connectivity index (χ3n) is 3.03. The van der Waals surface area contributed by atoms with Gasteiger partial charge in [-0.05, 0) is 36.8 Å². The fourth-order valence-corrected chi connectivity index (χ4v) is 1.88. The SMILES string of the molecule is CCCOCCC(F)COc1ccc(-c2ncccn2)cc1. The van der Waals surface area contributed by atoms with E-state index in [4.69, 9.17) is 9.47 Å². The molecule has 0 aliphatic heterocycles. The molecule has 0 fully saturated rings. The standard InChI is InChI=1S/C17H21FN2O2/c1-2-11-21-12-8-15(18)13-22-16-6-4-14(5-7-16)17-19-9-3-10-20-17/h3-7,9-10,15H,2,8,11-13H2,1H3. The Morgan fingerprint density at radius 2 is 1.82 bits per heavy atom. The monoisotopic (exact) mass is 304 g/mol. The summed E-state index contributed by atoms with van der Waals surface area (Å²) in [6.07, 6.45) is 3.68. The number of hydrogen-bond acceptors (Lipinski definition) is 4. The number of nitrogens with zero attached hydrogens (tertiary/aromatic N) is 2. The summed E-state index contributed by atoms with van der Waals surface area (Å²) in [4.78, 5) is 8.35. The van der Waals surface area contributed by atoms with Crippen LogP contribution in [0.5, 0.6) is 5.75 Å². The van der Waals surface area contributed by atoms with Crippen LogP contribution in [0.1, 0.15) is 19.8 Å². The van der Waals surface area contributed by atoms with Crippen molar-refractivity contribution in [3.63, 3.8) is 0 Å². The van der Waals surface area contributed by atoms with Crippen molar-refractivity contribution in [1.82, 2.24) is 9.97 Å². The summed E-state index contributed by atoms with van der Waals surface area (Å²) in [5, 5.41) is 0. The lowest BCUT2D eigenvalue weighted by molar-refractivity contribution is 0.0964. The van der Waals surface area contributed by atoms with Crippen molar-refractivity contribution in [1.29, 1.82) is 0 Å². The van der Waals surface area contributed by atoms with Crippen LogP contribution in [0.15, 0.2) is 42.7 Å². The highest BCUT2D eigenvalue weighted by molar-refractivity contribution is 5.55. The van der Waals surface area contributed by atoms with E-state index in [1.807, 2.05) is 19.1 Å². The minimum absolute atomic E-state index is 0.0384. The predicted molar refractivity (Wildman–Crippen MR) is 83.6 cm³/mol. The number of rotatable bonds is 9. The number of hydrogen-bond donors (Lipinski definition) is 0. The van der Waals surface area contributed by atoms with Gasteiger partial charge in [-0.1, -0.05) is 6.92 Å². The fourth-order valence-electron chi connectivity index (χ4n) is 1.88. The molecule has 5 heteroatoms. The molecule has 0 saturated heterocycles. The number of alkyl halides is 1. The Kier molecular flexibility index (Phi) is 6.77. The number of ether oxygens (including phenoxy) is 2. The summed E-state index contributed by atoms with van der Waals surface area (Å²) in [7, 11) is 0. The Morgan fingerprint density at radius 3 is 2.50 bits per heavy atom. The van der Waals surface area contributed by atoms with E-state index in [-0.39, 0.29) is 6.61 Å². The van der Waals surface area contributed by atoms with Crippen LogP contribution in [-0.4, -0.2) is 36.0 Å². The molecular weight excluding hydrogens is 283 g/mol. The van der Waals surface area contributed by atoms with E-state index in [0.29, 0.717) is 31.2 Å².